The van der Waals surface area contributed by atoms with Gasteiger partial charge in [-0.25, -0.2) is 0 Å². The Balaban J connectivity index is 1.97. The first-order chi connectivity index (χ1) is 9.81. The molecule has 1 N–H and O–H groups in total. The molecule has 0 unspecified atom stereocenters. The van der Waals surface area contributed by atoms with Crippen LogP contribution >= 0.6 is 0 Å². The molecule has 0 amide bonds. The number of rotatable bonds is 5. The Hall–Kier alpha value is -0.210. The van der Waals surface area contributed by atoms with Crippen LogP contribution in [0.3, 0.4) is 0 Å². The van der Waals surface area contributed by atoms with Crippen molar-refractivity contribution in [3.8, 4) is 0 Å². The molecule has 21 heavy (non-hydrogen) atoms. The van der Waals surface area contributed by atoms with E-state index in [4.69, 9.17) is 4.74 Å². The third-order valence-electron chi connectivity index (χ3n) is 4.76. The van der Waals surface area contributed by atoms with Gasteiger partial charge in [-0.2, -0.15) is 17.4 Å². The van der Waals surface area contributed by atoms with Crippen molar-refractivity contribution in [2.75, 3.05) is 33.4 Å². The molecule has 0 radical (unpaired) electrons. The first-order valence-corrected chi connectivity index (χ1v) is 9.32. The zero-order chi connectivity index (χ0) is 15.6. The van der Waals surface area contributed by atoms with E-state index in [1.807, 2.05) is 0 Å². The summed E-state index contributed by atoms with van der Waals surface area (Å²) in [6.07, 6.45) is 1.55. The number of nitrogens with zero attached hydrogens (tertiary/aromatic N) is 2. The van der Waals surface area contributed by atoms with Gasteiger partial charge in [0.05, 0.1) is 0 Å². The van der Waals surface area contributed by atoms with Crippen molar-refractivity contribution >= 4 is 10.2 Å². The summed E-state index contributed by atoms with van der Waals surface area (Å²) < 4.78 is 34.8. The summed E-state index contributed by atoms with van der Waals surface area (Å²) in [5.41, 5.74) is 0. The van der Waals surface area contributed by atoms with Crippen LogP contribution in [-0.4, -0.2) is 69.1 Å². The SMILES string of the molecule is CC(C)N1C[C@@H](C)[C@H](NS(=O)(=O)N(C)C2CCOCC2)C1. The minimum atomic E-state index is -3.42. The molecule has 0 aromatic heterocycles. The van der Waals surface area contributed by atoms with E-state index in [-0.39, 0.29) is 12.1 Å². The highest BCUT2D eigenvalue weighted by atomic mass is 32.2. The average molecular weight is 319 g/mol. The van der Waals surface area contributed by atoms with Crippen molar-refractivity contribution in [3.05, 3.63) is 0 Å². The molecule has 2 aliphatic heterocycles. The lowest BCUT2D eigenvalue weighted by molar-refractivity contribution is 0.0628. The van der Waals surface area contributed by atoms with E-state index in [2.05, 4.69) is 30.4 Å². The highest BCUT2D eigenvalue weighted by Gasteiger charge is 2.36. The van der Waals surface area contributed by atoms with E-state index in [0.717, 1.165) is 25.9 Å². The van der Waals surface area contributed by atoms with Crippen molar-refractivity contribution < 1.29 is 13.2 Å². The van der Waals surface area contributed by atoms with Gasteiger partial charge < -0.3 is 4.74 Å². The summed E-state index contributed by atoms with van der Waals surface area (Å²) >= 11 is 0. The maximum Gasteiger partial charge on any atom is 0.279 e. The zero-order valence-electron chi connectivity index (χ0n) is 13.6. The Morgan fingerprint density at radius 1 is 1.24 bits per heavy atom. The monoisotopic (exact) mass is 319 g/mol. The minimum Gasteiger partial charge on any atom is -0.381 e. The summed E-state index contributed by atoms with van der Waals surface area (Å²) in [7, 11) is -1.75. The van der Waals surface area contributed by atoms with E-state index in [1.165, 1.54) is 4.31 Å². The predicted molar refractivity (Wildman–Crippen MR) is 83.3 cm³/mol. The molecule has 2 aliphatic rings. The van der Waals surface area contributed by atoms with Crippen LogP contribution in [-0.2, 0) is 14.9 Å². The van der Waals surface area contributed by atoms with Crippen molar-refractivity contribution in [2.45, 2.75) is 51.7 Å². The van der Waals surface area contributed by atoms with E-state index in [1.54, 1.807) is 7.05 Å². The maximum absolute atomic E-state index is 12.6. The molecule has 124 valence electrons. The summed E-state index contributed by atoms with van der Waals surface area (Å²) in [5.74, 6) is 0.338. The lowest BCUT2D eigenvalue weighted by Crippen LogP contribution is -2.51. The molecule has 2 heterocycles. The fourth-order valence-electron chi connectivity index (χ4n) is 3.10. The number of likely N-dealkylation sites (tertiary alicyclic amines) is 1. The van der Waals surface area contributed by atoms with Gasteiger partial charge in [-0.3, -0.25) is 4.90 Å². The van der Waals surface area contributed by atoms with Gasteiger partial charge in [0.2, 0.25) is 0 Å². The van der Waals surface area contributed by atoms with Gasteiger partial charge in [-0.15, -0.1) is 0 Å². The third kappa shape index (κ3) is 4.16. The standard InChI is InChI=1S/C14H29N3O3S/c1-11(2)17-9-12(3)14(10-17)15-21(18,19)16(4)13-5-7-20-8-6-13/h11-15H,5-10H2,1-4H3/t12-,14-/m1/s1. The van der Waals surface area contributed by atoms with Crippen LogP contribution in [0.15, 0.2) is 0 Å². The molecule has 2 rings (SSSR count). The molecule has 2 fully saturated rings. The number of hydrogen-bond acceptors (Lipinski definition) is 4. The molecule has 0 bridgehead atoms. The fourth-order valence-corrected chi connectivity index (χ4v) is 4.56. The van der Waals surface area contributed by atoms with Gasteiger partial charge in [0.25, 0.3) is 10.2 Å². The molecule has 0 saturated carbocycles. The summed E-state index contributed by atoms with van der Waals surface area (Å²) in [5, 5.41) is 0. The Bertz CT molecular complexity index is 435. The number of hydrogen-bond donors (Lipinski definition) is 1. The second-order valence-electron chi connectivity index (χ2n) is 6.61. The Morgan fingerprint density at radius 3 is 2.38 bits per heavy atom. The predicted octanol–water partition coefficient (Wildman–Crippen LogP) is 0.660. The maximum atomic E-state index is 12.6. The van der Waals surface area contributed by atoms with Crippen LogP contribution < -0.4 is 4.72 Å². The summed E-state index contributed by atoms with van der Waals surface area (Å²) in [4.78, 5) is 2.33. The highest BCUT2D eigenvalue weighted by Crippen LogP contribution is 2.21. The average Bonchev–Trinajstić information content (AvgIpc) is 2.80. The summed E-state index contributed by atoms with van der Waals surface area (Å²) in [6, 6.07) is 0.504. The van der Waals surface area contributed by atoms with Gasteiger partial charge >= 0.3 is 0 Å². The summed E-state index contributed by atoms with van der Waals surface area (Å²) in [6.45, 7) is 9.45. The Kier molecular flexibility index (Phi) is 5.65. The van der Waals surface area contributed by atoms with E-state index >= 15 is 0 Å². The van der Waals surface area contributed by atoms with Gasteiger partial charge in [0.15, 0.2) is 0 Å². The molecule has 0 spiro atoms. The third-order valence-corrected chi connectivity index (χ3v) is 6.41. The molecule has 0 aromatic carbocycles. The Labute approximate surface area is 129 Å². The number of nitrogens with one attached hydrogen (secondary N) is 1. The molecule has 7 heteroatoms. The molecule has 0 aliphatic carbocycles. The van der Waals surface area contributed by atoms with Gasteiger partial charge in [-0.05, 0) is 32.6 Å². The van der Waals surface area contributed by atoms with Gasteiger partial charge in [0, 0.05) is 51.5 Å². The van der Waals surface area contributed by atoms with Crippen molar-refractivity contribution in [3.63, 3.8) is 0 Å². The lowest BCUT2D eigenvalue weighted by atomic mass is 10.1. The largest absolute Gasteiger partial charge is 0.381 e. The molecule has 6 nitrogen and oxygen atoms in total. The molecule has 2 saturated heterocycles. The van der Waals surface area contributed by atoms with E-state index in [0.29, 0.717) is 25.2 Å². The van der Waals surface area contributed by atoms with Crippen LogP contribution in [0.4, 0.5) is 0 Å². The zero-order valence-corrected chi connectivity index (χ0v) is 14.4. The topological polar surface area (TPSA) is 61.9 Å². The second kappa shape index (κ2) is 6.91. The minimum absolute atomic E-state index is 0.000287. The van der Waals surface area contributed by atoms with Crippen LogP contribution in [0.5, 0.6) is 0 Å². The first-order valence-electron chi connectivity index (χ1n) is 7.88. The quantitative estimate of drug-likeness (QED) is 0.809. The molecular weight excluding hydrogens is 290 g/mol. The smallest absolute Gasteiger partial charge is 0.279 e. The molecule has 2 atom stereocenters. The van der Waals surface area contributed by atoms with Crippen molar-refractivity contribution in [1.29, 1.82) is 0 Å². The van der Waals surface area contributed by atoms with E-state index in [9.17, 15) is 8.42 Å². The lowest BCUT2D eigenvalue weighted by Gasteiger charge is -2.31. The van der Waals surface area contributed by atoms with E-state index < -0.39 is 10.2 Å². The van der Waals surface area contributed by atoms with Gasteiger partial charge in [-0.1, -0.05) is 6.92 Å². The first kappa shape index (κ1) is 17.1. The molecular formula is C14H29N3O3S. The number of ether oxygens (including phenoxy) is 1. The molecule has 0 aromatic rings. The van der Waals surface area contributed by atoms with Crippen LogP contribution in [0.2, 0.25) is 0 Å². The second-order valence-corrected chi connectivity index (χ2v) is 8.38. The van der Waals surface area contributed by atoms with Crippen molar-refractivity contribution in [1.82, 2.24) is 13.9 Å². The van der Waals surface area contributed by atoms with Crippen LogP contribution in [0.1, 0.15) is 33.6 Å². The highest BCUT2D eigenvalue weighted by molar-refractivity contribution is 7.87. The normalized spacial score (nSPS) is 29.6. The van der Waals surface area contributed by atoms with Crippen molar-refractivity contribution in [2.24, 2.45) is 5.92 Å². The van der Waals surface area contributed by atoms with Crippen LogP contribution in [0.25, 0.3) is 0 Å². The fraction of sp³-hybridized carbons (Fsp3) is 1.00. The van der Waals surface area contributed by atoms with Gasteiger partial charge in [0.1, 0.15) is 0 Å². The van der Waals surface area contributed by atoms with Crippen LogP contribution in [0, 0.1) is 5.92 Å². The Morgan fingerprint density at radius 2 is 1.86 bits per heavy atom.